The minimum absolute atomic E-state index is 0.0963. The highest BCUT2D eigenvalue weighted by Crippen LogP contribution is 2.04. The number of nitrogens with two attached hydrogens (primary N) is 1. The van der Waals surface area contributed by atoms with Crippen molar-refractivity contribution < 1.29 is 4.79 Å². The van der Waals surface area contributed by atoms with Gasteiger partial charge in [0.05, 0.1) is 11.9 Å². The third-order valence-corrected chi connectivity index (χ3v) is 3.47. The van der Waals surface area contributed by atoms with Crippen LogP contribution in [0.2, 0.25) is 0 Å². The van der Waals surface area contributed by atoms with Gasteiger partial charge in [-0.1, -0.05) is 27.7 Å². The van der Waals surface area contributed by atoms with E-state index in [0.29, 0.717) is 11.6 Å². The van der Waals surface area contributed by atoms with Crippen molar-refractivity contribution in [3.05, 3.63) is 12.4 Å². The van der Waals surface area contributed by atoms with E-state index in [-0.39, 0.29) is 12.5 Å². The fourth-order valence-electron chi connectivity index (χ4n) is 2.27. The molecule has 120 valence electrons. The second-order valence-electron chi connectivity index (χ2n) is 5.73. The molecule has 0 aliphatic heterocycles. The second-order valence-corrected chi connectivity index (χ2v) is 5.73. The van der Waals surface area contributed by atoms with Gasteiger partial charge < -0.3 is 15.5 Å². The number of likely N-dealkylation sites (N-methyl/N-ethyl adjacent to an activating group) is 1. The van der Waals surface area contributed by atoms with Gasteiger partial charge in [-0.2, -0.15) is 5.10 Å². The number of anilines is 1. The molecule has 0 fully saturated rings. The maximum absolute atomic E-state index is 12.5. The average Bonchev–Trinajstić information content (AvgIpc) is 2.83. The van der Waals surface area contributed by atoms with Gasteiger partial charge in [-0.05, 0) is 19.0 Å². The van der Waals surface area contributed by atoms with E-state index in [4.69, 9.17) is 5.73 Å². The molecule has 0 atom stereocenters. The van der Waals surface area contributed by atoms with Crippen LogP contribution in [0.15, 0.2) is 12.4 Å². The average molecular weight is 295 g/mol. The molecule has 1 aromatic rings. The normalized spacial score (nSPS) is 11.3. The Morgan fingerprint density at radius 1 is 1.33 bits per heavy atom. The monoisotopic (exact) mass is 295 g/mol. The van der Waals surface area contributed by atoms with Crippen molar-refractivity contribution in [2.45, 2.75) is 34.2 Å². The number of hydrogen-bond donors (Lipinski definition) is 1. The zero-order valence-electron chi connectivity index (χ0n) is 13.7. The molecule has 0 bridgehead atoms. The van der Waals surface area contributed by atoms with Gasteiger partial charge >= 0.3 is 0 Å². The van der Waals surface area contributed by atoms with Crippen molar-refractivity contribution in [2.75, 3.05) is 38.5 Å². The van der Waals surface area contributed by atoms with Crippen LogP contribution in [0.3, 0.4) is 0 Å². The van der Waals surface area contributed by atoms with Gasteiger partial charge in [-0.25, -0.2) is 0 Å². The molecule has 21 heavy (non-hydrogen) atoms. The third kappa shape index (κ3) is 6.16. The topological polar surface area (TPSA) is 67.4 Å². The Morgan fingerprint density at radius 2 is 2.00 bits per heavy atom. The van der Waals surface area contributed by atoms with Crippen LogP contribution in [0.5, 0.6) is 0 Å². The maximum atomic E-state index is 12.5. The Labute approximate surface area is 127 Å². The Kier molecular flexibility index (Phi) is 7.22. The summed E-state index contributed by atoms with van der Waals surface area (Å²) in [5.41, 5.74) is 6.22. The summed E-state index contributed by atoms with van der Waals surface area (Å²) in [6.45, 7) is 13.3. The van der Waals surface area contributed by atoms with Crippen LogP contribution in [0.4, 0.5) is 5.69 Å². The number of carbonyl (C=O) groups is 1. The summed E-state index contributed by atoms with van der Waals surface area (Å²) in [4.78, 5) is 16.7. The van der Waals surface area contributed by atoms with Gasteiger partial charge in [0, 0.05) is 25.8 Å². The molecule has 0 aromatic carbocycles. The molecule has 0 aliphatic carbocycles. The predicted octanol–water partition coefficient (Wildman–Crippen LogP) is 1.29. The first-order valence-corrected chi connectivity index (χ1v) is 7.74. The van der Waals surface area contributed by atoms with Crippen LogP contribution in [-0.2, 0) is 11.3 Å². The van der Waals surface area contributed by atoms with Crippen molar-refractivity contribution in [1.82, 2.24) is 19.6 Å². The number of amides is 1. The third-order valence-electron chi connectivity index (χ3n) is 3.47. The smallest absolute Gasteiger partial charge is 0.244 e. The lowest BCUT2D eigenvalue weighted by molar-refractivity contribution is -0.132. The number of nitrogens with zero attached hydrogens (tertiary/aromatic N) is 4. The molecular weight excluding hydrogens is 266 g/mol. The van der Waals surface area contributed by atoms with Crippen molar-refractivity contribution in [1.29, 1.82) is 0 Å². The molecular formula is C15H29N5O. The largest absolute Gasteiger partial charge is 0.396 e. The molecule has 1 aromatic heterocycles. The lowest BCUT2D eigenvalue weighted by atomic mass is 10.2. The van der Waals surface area contributed by atoms with E-state index in [1.165, 1.54) is 0 Å². The SMILES string of the molecule is CCN(CC)CCN(CC(C)C)C(=O)Cn1cc(N)cn1. The molecule has 1 heterocycles. The quantitative estimate of drug-likeness (QED) is 0.745. The Hall–Kier alpha value is -1.56. The molecule has 1 amide bonds. The summed E-state index contributed by atoms with van der Waals surface area (Å²) >= 11 is 0. The highest BCUT2D eigenvalue weighted by Gasteiger charge is 2.16. The van der Waals surface area contributed by atoms with Crippen LogP contribution in [0.25, 0.3) is 0 Å². The maximum Gasteiger partial charge on any atom is 0.244 e. The van der Waals surface area contributed by atoms with E-state index < -0.39 is 0 Å². The first-order chi connectivity index (χ1) is 9.96. The first-order valence-electron chi connectivity index (χ1n) is 7.74. The minimum atomic E-state index is 0.0963. The molecule has 6 nitrogen and oxygen atoms in total. The number of aromatic nitrogens is 2. The van der Waals surface area contributed by atoms with Crippen LogP contribution >= 0.6 is 0 Å². The summed E-state index contributed by atoms with van der Waals surface area (Å²) in [5, 5.41) is 4.08. The van der Waals surface area contributed by atoms with Crippen LogP contribution < -0.4 is 5.73 Å². The molecule has 0 radical (unpaired) electrons. The van der Waals surface area contributed by atoms with Crippen molar-refractivity contribution in [3.63, 3.8) is 0 Å². The molecule has 0 saturated carbocycles. The zero-order chi connectivity index (χ0) is 15.8. The van der Waals surface area contributed by atoms with E-state index in [2.05, 4.69) is 37.7 Å². The molecule has 0 spiro atoms. The van der Waals surface area contributed by atoms with Gasteiger partial charge in [-0.3, -0.25) is 9.48 Å². The van der Waals surface area contributed by atoms with Crippen molar-refractivity contribution in [2.24, 2.45) is 5.92 Å². The summed E-state index contributed by atoms with van der Waals surface area (Å²) in [7, 11) is 0. The predicted molar refractivity (Wildman–Crippen MR) is 85.8 cm³/mol. The first kappa shape index (κ1) is 17.5. The minimum Gasteiger partial charge on any atom is -0.396 e. The lowest BCUT2D eigenvalue weighted by Gasteiger charge is -2.28. The summed E-state index contributed by atoms with van der Waals surface area (Å²) < 4.78 is 1.60. The lowest BCUT2D eigenvalue weighted by Crippen LogP contribution is -2.42. The van der Waals surface area contributed by atoms with E-state index >= 15 is 0 Å². The highest BCUT2D eigenvalue weighted by atomic mass is 16.2. The van der Waals surface area contributed by atoms with E-state index in [9.17, 15) is 4.79 Å². The van der Waals surface area contributed by atoms with Crippen LogP contribution in [-0.4, -0.2) is 58.2 Å². The molecule has 0 unspecified atom stereocenters. The Morgan fingerprint density at radius 3 is 2.48 bits per heavy atom. The number of hydrogen-bond acceptors (Lipinski definition) is 4. The number of nitrogen functional groups attached to an aromatic ring is 1. The van der Waals surface area contributed by atoms with Gasteiger partial charge in [-0.15, -0.1) is 0 Å². The molecule has 0 saturated heterocycles. The Balaban J connectivity index is 2.60. The van der Waals surface area contributed by atoms with E-state index in [1.54, 1.807) is 17.1 Å². The van der Waals surface area contributed by atoms with Crippen molar-refractivity contribution >= 4 is 11.6 Å². The summed E-state index contributed by atoms with van der Waals surface area (Å²) in [5.74, 6) is 0.548. The fourth-order valence-corrected chi connectivity index (χ4v) is 2.27. The van der Waals surface area contributed by atoms with Gasteiger partial charge in [0.1, 0.15) is 6.54 Å². The van der Waals surface area contributed by atoms with Crippen LogP contribution in [0.1, 0.15) is 27.7 Å². The number of carbonyl (C=O) groups excluding carboxylic acids is 1. The molecule has 2 N–H and O–H groups in total. The number of rotatable bonds is 9. The van der Waals surface area contributed by atoms with Gasteiger partial charge in [0.15, 0.2) is 0 Å². The van der Waals surface area contributed by atoms with Gasteiger partial charge in [0.2, 0.25) is 5.91 Å². The summed E-state index contributed by atoms with van der Waals surface area (Å²) in [6.07, 6.45) is 3.26. The standard InChI is InChI=1S/C15H29N5O/c1-5-18(6-2)7-8-19(10-13(3)4)15(21)12-20-11-14(16)9-17-20/h9,11,13H,5-8,10,12,16H2,1-4H3. The van der Waals surface area contributed by atoms with Crippen molar-refractivity contribution in [3.8, 4) is 0 Å². The Bertz CT molecular complexity index is 425. The van der Waals surface area contributed by atoms with E-state index in [1.807, 2.05) is 4.90 Å². The summed E-state index contributed by atoms with van der Waals surface area (Å²) in [6, 6.07) is 0. The van der Waals surface area contributed by atoms with E-state index in [0.717, 1.165) is 32.7 Å². The molecule has 0 aliphatic rings. The molecule has 6 heteroatoms. The molecule has 1 rings (SSSR count). The van der Waals surface area contributed by atoms with Gasteiger partial charge in [0.25, 0.3) is 0 Å². The fraction of sp³-hybridized carbons (Fsp3) is 0.733. The highest BCUT2D eigenvalue weighted by molar-refractivity contribution is 5.76. The van der Waals surface area contributed by atoms with Crippen LogP contribution in [0, 0.1) is 5.92 Å². The zero-order valence-corrected chi connectivity index (χ0v) is 13.7. The second kappa shape index (κ2) is 8.67.